The summed E-state index contributed by atoms with van der Waals surface area (Å²) in [4.78, 5) is 11.1. The fourth-order valence-electron chi connectivity index (χ4n) is 1.71. The van der Waals surface area contributed by atoms with Crippen LogP contribution in [-0.2, 0) is 4.79 Å². The maximum atomic E-state index is 11.1. The minimum absolute atomic E-state index is 0.289. The largest absolute Gasteiger partial charge is 0.299 e. The van der Waals surface area contributed by atoms with Crippen molar-refractivity contribution in [3.63, 3.8) is 0 Å². The van der Waals surface area contributed by atoms with Crippen LogP contribution in [0.1, 0.15) is 24.8 Å². The van der Waals surface area contributed by atoms with Crippen LogP contribution in [0.15, 0.2) is 24.3 Å². The van der Waals surface area contributed by atoms with Gasteiger partial charge in [0, 0.05) is 12.8 Å². The lowest BCUT2D eigenvalue weighted by Gasteiger charge is -2.14. The molecule has 1 aromatic carbocycles. The Labute approximate surface area is 98.7 Å². The number of halogens is 2. The molecule has 1 aliphatic rings. The van der Waals surface area contributed by atoms with Gasteiger partial charge in [-0.05, 0) is 23.6 Å². The number of ketones is 1. The summed E-state index contributed by atoms with van der Waals surface area (Å²) in [6.07, 6.45) is 3.83. The molecule has 0 radical (unpaired) electrons. The van der Waals surface area contributed by atoms with Crippen molar-refractivity contribution in [2.24, 2.45) is 0 Å². The zero-order valence-corrected chi connectivity index (χ0v) is 9.61. The van der Waals surface area contributed by atoms with Crippen molar-refractivity contribution in [1.29, 1.82) is 0 Å². The number of benzene rings is 1. The zero-order valence-electron chi connectivity index (χ0n) is 8.09. The van der Waals surface area contributed by atoms with E-state index in [0.29, 0.717) is 22.9 Å². The second kappa shape index (κ2) is 4.38. The van der Waals surface area contributed by atoms with E-state index in [1.54, 1.807) is 6.07 Å². The third-order valence-corrected chi connectivity index (χ3v) is 3.37. The van der Waals surface area contributed by atoms with Crippen LogP contribution in [0.2, 0.25) is 10.0 Å². The van der Waals surface area contributed by atoms with Crippen LogP contribution in [0.5, 0.6) is 0 Å². The van der Waals surface area contributed by atoms with Gasteiger partial charge in [-0.2, -0.15) is 0 Å². The SMILES string of the molecule is O=C1CC=C(c2cccc(Cl)c2Cl)CC1. The van der Waals surface area contributed by atoms with Gasteiger partial charge in [0.1, 0.15) is 5.78 Å². The van der Waals surface area contributed by atoms with Gasteiger partial charge in [-0.3, -0.25) is 4.79 Å². The van der Waals surface area contributed by atoms with Gasteiger partial charge in [-0.15, -0.1) is 0 Å². The monoisotopic (exact) mass is 240 g/mol. The van der Waals surface area contributed by atoms with Crippen LogP contribution in [-0.4, -0.2) is 5.78 Å². The van der Waals surface area contributed by atoms with Gasteiger partial charge in [0.05, 0.1) is 10.0 Å². The van der Waals surface area contributed by atoms with E-state index in [4.69, 9.17) is 23.2 Å². The Balaban J connectivity index is 2.38. The first-order chi connectivity index (χ1) is 7.18. The Kier molecular flexibility index (Phi) is 3.13. The number of hydrogen-bond donors (Lipinski definition) is 0. The van der Waals surface area contributed by atoms with Crippen molar-refractivity contribution < 1.29 is 4.79 Å². The molecule has 1 aromatic rings. The molecule has 0 saturated carbocycles. The molecular weight excluding hydrogens is 231 g/mol. The summed E-state index contributed by atoms with van der Waals surface area (Å²) >= 11 is 12.0. The fourth-order valence-corrected chi connectivity index (χ4v) is 2.13. The van der Waals surface area contributed by atoms with Crippen molar-refractivity contribution in [1.82, 2.24) is 0 Å². The number of Topliss-reactive ketones (excluding diaryl/α,β-unsaturated/α-hetero) is 1. The van der Waals surface area contributed by atoms with Crippen LogP contribution >= 0.6 is 23.2 Å². The van der Waals surface area contributed by atoms with Gasteiger partial charge in [0.25, 0.3) is 0 Å². The lowest BCUT2D eigenvalue weighted by atomic mass is 9.93. The van der Waals surface area contributed by atoms with E-state index in [-0.39, 0.29) is 5.78 Å². The Morgan fingerprint density at radius 3 is 2.60 bits per heavy atom. The predicted molar refractivity (Wildman–Crippen MR) is 63.3 cm³/mol. The van der Waals surface area contributed by atoms with Crippen LogP contribution in [0.4, 0.5) is 0 Å². The number of hydrogen-bond acceptors (Lipinski definition) is 1. The van der Waals surface area contributed by atoms with Crippen molar-refractivity contribution in [2.75, 3.05) is 0 Å². The van der Waals surface area contributed by atoms with Gasteiger partial charge >= 0.3 is 0 Å². The molecule has 0 heterocycles. The Morgan fingerprint density at radius 1 is 1.13 bits per heavy atom. The molecule has 0 unspecified atom stereocenters. The van der Waals surface area contributed by atoms with Gasteiger partial charge in [-0.25, -0.2) is 0 Å². The molecule has 1 nitrogen and oxygen atoms in total. The molecule has 0 amide bonds. The molecule has 0 bridgehead atoms. The summed E-state index contributed by atoms with van der Waals surface area (Å²) in [5.74, 6) is 0.289. The van der Waals surface area contributed by atoms with E-state index in [9.17, 15) is 4.79 Å². The molecule has 0 spiro atoms. The molecular formula is C12H10Cl2O. The van der Waals surface area contributed by atoms with Gasteiger partial charge in [0.15, 0.2) is 0 Å². The highest BCUT2D eigenvalue weighted by molar-refractivity contribution is 6.43. The highest BCUT2D eigenvalue weighted by Crippen LogP contribution is 2.34. The molecule has 0 saturated heterocycles. The molecule has 2 rings (SSSR count). The van der Waals surface area contributed by atoms with E-state index in [0.717, 1.165) is 17.6 Å². The highest BCUT2D eigenvalue weighted by Gasteiger charge is 2.14. The first kappa shape index (κ1) is 10.7. The van der Waals surface area contributed by atoms with Gasteiger partial charge in [0.2, 0.25) is 0 Å². The van der Waals surface area contributed by atoms with E-state index in [1.165, 1.54) is 0 Å². The van der Waals surface area contributed by atoms with Crippen molar-refractivity contribution >= 4 is 34.6 Å². The van der Waals surface area contributed by atoms with E-state index in [1.807, 2.05) is 18.2 Å². The minimum atomic E-state index is 0.289. The standard InChI is InChI=1S/C12H10Cl2O/c13-11-3-1-2-10(12(11)14)8-4-6-9(15)7-5-8/h1-4H,5-7H2. The topological polar surface area (TPSA) is 17.1 Å². The number of carbonyl (C=O) groups excluding carboxylic acids is 1. The summed E-state index contributed by atoms with van der Waals surface area (Å²) < 4.78 is 0. The van der Waals surface area contributed by atoms with Crippen molar-refractivity contribution in [3.05, 3.63) is 39.9 Å². The van der Waals surface area contributed by atoms with E-state index in [2.05, 4.69) is 0 Å². The summed E-state index contributed by atoms with van der Waals surface area (Å²) in [6, 6.07) is 5.58. The van der Waals surface area contributed by atoms with Crippen LogP contribution in [0.3, 0.4) is 0 Å². The molecule has 0 aromatic heterocycles. The first-order valence-corrected chi connectivity index (χ1v) is 5.59. The van der Waals surface area contributed by atoms with Crippen LogP contribution in [0, 0.1) is 0 Å². The van der Waals surface area contributed by atoms with E-state index >= 15 is 0 Å². The normalized spacial score (nSPS) is 16.4. The second-order valence-corrected chi connectivity index (χ2v) is 4.36. The Bertz CT molecular complexity index is 435. The van der Waals surface area contributed by atoms with Crippen LogP contribution in [0.25, 0.3) is 5.57 Å². The highest BCUT2D eigenvalue weighted by atomic mass is 35.5. The number of allylic oxidation sites excluding steroid dienone is 2. The summed E-state index contributed by atoms with van der Waals surface area (Å²) in [5.41, 5.74) is 2.08. The summed E-state index contributed by atoms with van der Waals surface area (Å²) in [6.45, 7) is 0. The van der Waals surface area contributed by atoms with Crippen LogP contribution < -0.4 is 0 Å². The Hall–Kier alpha value is -0.790. The third kappa shape index (κ3) is 2.24. The quantitative estimate of drug-likeness (QED) is 0.722. The van der Waals surface area contributed by atoms with E-state index < -0.39 is 0 Å². The van der Waals surface area contributed by atoms with Crippen molar-refractivity contribution in [3.8, 4) is 0 Å². The molecule has 78 valence electrons. The summed E-state index contributed by atoms with van der Waals surface area (Å²) in [7, 11) is 0. The number of rotatable bonds is 1. The minimum Gasteiger partial charge on any atom is -0.299 e. The molecule has 0 aliphatic heterocycles. The molecule has 15 heavy (non-hydrogen) atoms. The lowest BCUT2D eigenvalue weighted by Crippen LogP contribution is -2.03. The smallest absolute Gasteiger partial charge is 0.137 e. The van der Waals surface area contributed by atoms with Crippen molar-refractivity contribution in [2.45, 2.75) is 19.3 Å². The number of carbonyl (C=O) groups is 1. The summed E-state index contributed by atoms with van der Waals surface area (Å²) in [5, 5.41) is 1.15. The fraction of sp³-hybridized carbons (Fsp3) is 0.250. The third-order valence-electron chi connectivity index (χ3n) is 2.55. The first-order valence-electron chi connectivity index (χ1n) is 4.83. The maximum Gasteiger partial charge on any atom is 0.137 e. The Morgan fingerprint density at radius 2 is 1.93 bits per heavy atom. The molecule has 0 fully saturated rings. The van der Waals surface area contributed by atoms with Gasteiger partial charge in [-0.1, -0.05) is 41.4 Å². The molecule has 0 atom stereocenters. The second-order valence-electron chi connectivity index (χ2n) is 3.57. The average Bonchev–Trinajstić information content (AvgIpc) is 2.24. The molecule has 3 heteroatoms. The predicted octanol–water partition coefficient (Wildman–Crippen LogP) is 4.13. The molecule has 0 N–H and O–H groups in total. The maximum absolute atomic E-state index is 11.1. The lowest BCUT2D eigenvalue weighted by molar-refractivity contribution is -0.118. The average molecular weight is 241 g/mol. The van der Waals surface area contributed by atoms with Gasteiger partial charge < -0.3 is 0 Å². The molecule has 1 aliphatic carbocycles. The zero-order chi connectivity index (χ0) is 10.8.